The third kappa shape index (κ3) is 5.45. The maximum absolute atomic E-state index is 6.05. The molecule has 0 saturated carbocycles. The molecule has 2 aromatic heterocycles. The molecule has 1 fully saturated rings. The fraction of sp³-hybridized carbons (Fsp3) is 0.667. The summed E-state index contributed by atoms with van der Waals surface area (Å²) in [4.78, 5) is 16.7. The van der Waals surface area contributed by atoms with Gasteiger partial charge in [-0.2, -0.15) is 15.0 Å². The van der Waals surface area contributed by atoms with Crippen molar-refractivity contribution in [2.75, 3.05) is 60.0 Å². The lowest BCUT2D eigenvalue weighted by molar-refractivity contribution is 0.122. The number of nitrogens with zero attached hydrogens (tertiary/aromatic N) is 9. The van der Waals surface area contributed by atoms with Crippen LogP contribution in [0.25, 0.3) is 0 Å². The molecule has 0 atom stereocenters. The number of nitrogens with one attached hydrogen (secondary N) is 2. The highest BCUT2D eigenvalue weighted by atomic mass is 35.5. The third-order valence-corrected chi connectivity index (χ3v) is 4.08. The molecule has 28 heavy (non-hydrogen) atoms. The minimum Gasteiger partial charge on any atom is -0.378 e. The van der Waals surface area contributed by atoms with Gasteiger partial charge >= 0.3 is 0 Å². The van der Waals surface area contributed by atoms with Crippen LogP contribution in [-0.2, 0) is 4.74 Å². The smallest absolute Gasteiger partial charge is 0.280 e. The number of anilines is 4. The molecular formula is C15H24ClN11O. The zero-order valence-corrected chi connectivity index (χ0v) is 16.7. The Bertz CT molecular complexity index is 735. The van der Waals surface area contributed by atoms with Crippen molar-refractivity contribution in [3.05, 3.63) is 5.28 Å². The lowest BCUT2D eigenvalue weighted by Gasteiger charge is -2.25. The zero-order valence-electron chi connectivity index (χ0n) is 16.0. The molecule has 0 bridgehead atoms. The van der Waals surface area contributed by atoms with Crippen molar-refractivity contribution in [3.8, 4) is 0 Å². The molecule has 3 heterocycles. The number of rotatable bonds is 9. The summed E-state index contributed by atoms with van der Waals surface area (Å²) in [6.07, 6.45) is 1.95. The van der Waals surface area contributed by atoms with E-state index >= 15 is 0 Å². The molecule has 0 aliphatic carbocycles. The van der Waals surface area contributed by atoms with E-state index in [2.05, 4.69) is 64.9 Å². The maximum atomic E-state index is 6.05. The van der Waals surface area contributed by atoms with Crippen LogP contribution >= 0.6 is 11.6 Å². The third-order valence-electron chi connectivity index (χ3n) is 3.91. The SMILES string of the molecule is CCCN(CCC)c1nc(Cl)nc(NNc2nnc(N3CCOCC3)nn2)n1. The van der Waals surface area contributed by atoms with E-state index in [9.17, 15) is 0 Å². The van der Waals surface area contributed by atoms with Gasteiger partial charge in [0.05, 0.1) is 13.2 Å². The van der Waals surface area contributed by atoms with Crippen LogP contribution in [0.15, 0.2) is 0 Å². The highest BCUT2D eigenvalue weighted by Crippen LogP contribution is 2.15. The zero-order chi connectivity index (χ0) is 19.8. The second kappa shape index (κ2) is 10.1. The summed E-state index contributed by atoms with van der Waals surface area (Å²) in [5.74, 6) is 1.43. The lowest BCUT2D eigenvalue weighted by Crippen LogP contribution is -2.37. The molecule has 12 nitrogen and oxygen atoms in total. The number of hydrogen-bond acceptors (Lipinski definition) is 12. The molecule has 1 aliphatic rings. The molecule has 2 N–H and O–H groups in total. The standard InChI is InChI=1S/C15H24ClN11O/c1-3-5-26(6-4-2)14-18-11(16)17-12(19-14)20-21-13-22-24-15(25-23-13)27-7-9-28-10-8-27/h3-10H2,1-2H3,(H,21,22,23)(H,17,18,19,20). The Hall–Kier alpha value is -2.60. The van der Waals surface area contributed by atoms with Crippen molar-refractivity contribution < 1.29 is 4.74 Å². The predicted molar refractivity (Wildman–Crippen MR) is 106 cm³/mol. The summed E-state index contributed by atoms with van der Waals surface area (Å²) in [6.45, 7) is 8.58. The van der Waals surface area contributed by atoms with Crippen LogP contribution in [0.5, 0.6) is 0 Å². The lowest BCUT2D eigenvalue weighted by atomic mass is 10.4. The Kier molecular flexibility index (Phi) is 7.25. The number of aromatic nitrogens is 7. The van der Waals surface area contributed by atoms with Crippen LogP contribution in [-0.4, -0.2) is 74.7 Å². The molecule has 2 aromatic rings. The van der Waals surface area contributed by atoms with Crippen molar-refractivity contribution in [1.29, 1.82) is 0 Å². The van der Waals surface area contributed by atoms with E-state index < -0.39 is 0 Å². The summed E-state index contributed by atoms with van der Waals surface area (Å²) in [5.41, 5.74) is 5.60. The Morgan fingerprint density at radius 1 is 0.929 bits per heavy atom. The summed E-state index contributed by atoms with van der Waals surface area (Å²) < 4.78 is 5.31. The van der Waals surface area contributed by atoms with Crippen LogP contribution in [0.2, 0.25) is 5.28 Å². The molecule has 0 aromatic carbocycles. The van der Waals surface area contributed by atoms with Gasteiger partial charge in [-0.3, -0.25) is 10.9 Å². The molecular weight excluding hydrogens is 386 g/mol. The molecule has 1 aliphatic heterocycles. The van der Waals surface area contributed by atoms with E-state index in [1.165, 1.54) is 0 Å². The Balaban J connectivity index is 1.63. The molecule has 0 radical (unpaired) electrons. The van der Waals surface area contributed by atoms with Gasteiger partial charge in [-0.25, -0.2) is 0 Å². The van der Waals surface area contributed by atoms with Gasteiger partial charge in [0, 0.05) is 26.2 Å². The Morgan fingerprint density at radius 2 is 1.57 bits per heavy atom. The maximum Gasteiger partial charge on any atom is 0.280 e. The quantitative estimate of drug-likeness (QED) is 0.573. The van der Waals surface area contributed by atoms with Gasteiger partial charge < -0.3 is 14.5 Å². The first-order chi connectivity index (χ1) is 13.7. The Morgan fingerprint density at radius 3 is 2.21 bits per heavy atom. The molecule has 0 unspecified atom stereocenters. The van der Waals surface area contributed by atoms with Crippen LogP contribution < -0.4 is 20.7 Å². The topological polar surface area (TPSA) is 130 Å². The number of halogens is 1. The van der Waals surface area contributed by atoms with Crippen molar-refractivity contribution in [3.63, 3.8) is 0 Å². The fourth-order valence-electron chi connectivity index (χ4n) is 2.66. The predicted octanol–water partition coefficient (Wildman–Crippen LogP) is 1.01. The second-order valence-electron chi connectivity index (χ2n) is 6.09. The normalized spacial score (nSPS) is 14.0. The van der Waals surface area contributed by atoms with Gasteiger partial charge in [-0.15, -0.1) is 20.4 Å². The summed E-state index contributed by atoms with van der Waals surface area (Å²) in [5, 5.41) is 16.3. The van der Waals surface area contributed by atoms with Crippen LogP contribution in [0.4, 0.5) is 23.8 Å². The van der Waals surface area contributed by atoms with Crippen molar-refractivity contribution in [1.82, 2.24) is 35.3 Å². The first-order valence-corrected chi connectivity index (χ1v) is 9.66. The van der Waals surface area contributed by atoms with Crippen LogP contribution in [0.3, 0.4) is 0 Å². The largest absolute Gasteiger partial charge is 0.378 e. The van der Waals surface area contributed by atoms with E-state index in [0.717, 1.165) is 25.9 Å². The van der Waals surface area contributed by atoms with Crippen LogP contribution in [0, 0.1) is 0 Å². The number of morpholine rings is 1. The fourth-order valence-corrected chi connectivity index (χ4v) is 2.82. The van der Waals surface area contributed by atoms with Gasteiger partial charge in [0.2, 0.25) is 17.2 Å². The van der Waals surface area contributed by atoms with E-state index in [4.69, 9.17) is 16.3 Å². The van der Waals surface area contributed by atoms with Crippen molar-refractivity contribution in [2.45, 2.75) is 26.7 Å². The highest BCUT2D eigenvalue weighted by molar-refractivity contribution is 6.28. The Labute approximate surface area is 168 Å². The van der Waals surface area contributed by atoms with Gasteiger partial charge in [0.25, 0.3) is 11.9 Å². The summed E-state index contributed by atoms with van der Waals surface area (Å²) >= 11 is 6.05. The average Bonchev–Trinajstić information content (AvgIpc) is 2.73. The van der Waals surface area contributed by atoms with Gasteiger partial charge in [-0.1, -0.05) is 13.8 Å². The molecule has 1 saturated heterocycles. The van der Waals surface area contributed by atoms with E-state index in [1.807, 2.05) is 4.90 Å². The van der Waals surface area contributed by atoms with Gasteiger partial charge in [-0.05, 0) is 24.4 Å². The molecule has 0 amide bonds. The first-order valence-electron chi connectivity index (χ1n) is 9.28. The summed E-state index contributed by atoms with van der Waals surface area (Å²) in [6, 6.07) is 0. The number of hydrogen-bond donors (Lipinski definition) is 2. The van der Waals surface area contributed by atoms with E-state index in [-0.39, 0.29) is 17.2 Å². The average molecular weight is 410 g/mol. The molecule has 152 valence electrons. The van der Waals surface area contributed by atoms with Crippen molar-refractivity contribution >= 4 is 35.4 Å². The molecule has 0 spiro atoms. The van der Waals surface area contributed by atoms with Crippen LogP contribution in [0.1, 0.15) is 26.7 Å². The van der Waals surface area contributed by atoms with E-state index in [1.54, 1.807) is 0 Å². The first kappa shape index (κ1) is 20.1. The number of ether oxygens (including phenoxy) is 1. The van der Waals surface area contributed by atoms with Gasteiger partial charge in [0.1, 0.15) is 0 Å². The highest BCUT2D eigenvalue weighted by Gasteiger charge is 2.15. The van der Waals surface area contributed by atoms with E-state index in [0.29, 0.717) is 38.2 Å². The monoisotopic (exact) mass is 409 g/mol. The summed E-state index contributed by atoms with van der Waals surface area (Å²) in [7, 11) is 0. The number of hydrazine groups is 1. The molecule has 13 heteroatoms. The molecule has 3 rings (SSSR count). The second-order valence-corrected chi connectivity index (χ2v) is 6.43. The van der Waals surface area contributed by atoms with Crippen molar-refractivity contribution in [2.24, 2.45) is 0 Å². The minimum absolute atomic E-state index is 0.103. The minimum atomic E-state index is 0.103. The van der Waals surface area contributed by atoms with Gasteiger partial charge in [0.15, 0.2) is 0 Å².